The molecule has 2 aliphatic rings. The number of aromatic nitrogens is 1. The molecule has 11 nitrogen and oxygen atoms in total. The summed E-state index contributed by atoms with van der Waals surface area (Å²) in [4.78, 5) is 67.4. The van der Waals surface area contributed by atoms with Crippen LogP contribution in [0.25, 0.3) is 10.8 Å². The van der Waals surface area contributed by atoms with Gasteiger partial charge in [0.25, 0.3) is 11.6 Å². The van der Waals surface area contributed by atoms with Crippen LogP contribution in [-0.2, 0) is 14.4 Å². The highest BCUT2D eigenvalue weighted by Crippen LogP contribution is 2.53. The Labute approximate surface area is 263 Å². The minimum Gasteiger partial charge on any atom is -0.484 e. The van der Waals surface area contributed by atoms with Crippen molar-refractivity contribution in [1.82, 2.24) is 4.98 Å². The average molecular weight is 639 g/mol. The van der Waals surface area contributed by atoms with E-state index in [1.165, 1.54) is 24.3 Å². The van der Waals surface area contributed by atoms with Crippen molar-refractivity contribution < 1.29 is 24.0 Å². The number of ether oxygens (including phenoxy) is 1. The van der Waals surface area contributed by atoms with E-state index in [-0.39, 0.29) is 28.8 Å². The third-order valence-corrected chi connectivity index (χ3v) is 10.2. The number of nitrogens with zero attached hydrogens (tertiary/aromatic N) is 2. The van der Waals surface area contributed by atoms with E-state index in [1.54, 1.807) is 24.3 Å². The highest BCUT2D eigenvalue weighted by Gasteiger charge is 2.56. The van der Waals surface area contributed by atoms with E-state index in [9.17, 15) is 29.3 Å². The molecule has 45 heavy (non-hydrogen) atoms. The fourth-order valence-corrected chi connectivity index (χ4v) is 8.28. The number of H-pyrrole nitrogens is 1. The molecule has 0 aliphatic carbocycles. The number of thioether (sulfide) groups is 1. The van der Waals surface area contributed by atoms with Gasteiger partial charge in [-0.25, -0.2) is 4.90 Å². The van der Waals surface area contributed by atoms with Crippen molar-refractivity contribution in [3.63, 3.8) is 0 Å². The van der Waals surface area contributed by atoms with Crippen molar-refractivity contribution >= 4 is 68.7 Å². The highest BCUT2D eigenvalue weighted by atomic mass is 32.2. The van der Waals surface area contributed by atoms with Crippen molar-refractivity contribution in [2.45, 2.75) is 16.2 Å². The first-order valence-corrected chi connectivity index (χ1v) is 15.5. The second-order valence-electron chi connectivity index (χ2n) is 10.5. The van der Waals surface area contributed by atoms with Crippen LogP contribution in [0.4, 0.5) is 17.1 Å². The van der Waals surface area contributed by atoms with Crippen LogP contribution in [-0.4, -0.2) is 39.5 Å². The van der Waals surface area contributed by atoms with Gasteiger partial charge in [-0.2, -0.15) is 0 Å². The maximum atomic E-state index is 13.9. The zero-order chi connectivity index (χ0) is 31.2. The number of hydrogen-bond donors (Lipinski definition) is 2. The lowest BCUT2D eigenvalue weighted by Crippen LogP contribution is -2.32. The van der Waals surface area contributed by atoms with E-state index in [0.29, 0.717) is 26.9 Å². The Morgan fingerprint density at radius 1 is 0.933 bits per heavy atom. The molecule has 3 amide bonds. The third-order valence-electron chi connectivity index (χ3n) is 7.76. The summed E-state index contributed by atoms with van der Waals surface area (Å²) in [6.07, 6.45) is 0. The summed E-state index contributed by atoms with van der Waals surface area (Å²) in [7, 11) is 0. The van der Waals surface area contributed by atoms with Gasteiger partial charge in [-0.1, -0.05) is 65.6 Å². The number of thiazole rings is 1. The van der Waals surface area contributed by atoms with Crippen LogP contribution in [0, 0.1) is 16.0 Å². The topological polar surface area (TPSA) is 152 Å². The molecule has 13 heteroatoms. The smallest absolute Gasteiger partial charge is 0.305 e. The van der Waals surface area contributed by atoms with Crippen molar-refractivity contribution in [2.75, 3.05) is 16.8 Å². The summed E-state index contributed by atoms with van der Waals surface area (Å²) in [6, 6.07) is 25.6. The van der Waals surface area contributed by atoms with Gasteiger partial charge < -0.3 is 15.0 Å². The fourth-order valence-electron chi connectivity index (χ4n) is 5.76. The van der Waals surface area contributed by atoms with Crippen LogP contribution < -0.4 is 19.8 Å². The predicted octanol–water partition coefficient (Wildman–Crippen LogP) is 5.31. The van der Waals surface area contributed by atoms with Crippen molar-refractivity contribution in [3.8, 4) is 5.75 Å². The first kappa shape index (κ1) is 28.5. The van der Waals surface area contributed by atoms with Gasteiger partial charge >= 0.3 is 4.87 Å². The number of carbonyl (C=O) groups excluding carboxylic acids is 3. The fraction of sp³-hybridized carbons (Fsp3) is 0.125. The monoisotopic (exact) mass is 638 g/mol. The van der Waals surface area contributed by atoms with E-state index < -0.39 is 33.8 Å². The van der Waals surface area contributed by atoms with Crippen molar-refractivity contribution in [1.29, 1.82) is 0 Å². The standard InChI is InChI=1S/C32H22N4O7S2/c37-24(33-20-9-8-17-4-1-2-5-18(17)14-20)16-43-23-7-3-6-19(15-23)25-26-28(44-29-27(25)45-32(40)34-29)31(39)35(30(26)38)21-10-12-22(13-11-21)36(41)42/h1-15,25-26,28H,16H2,(H,33,37)(H,34,40)/t25-,26-,28+/m0/s1. The van der Waals surface area contributed by atoms with E-state index in [4.69, 9.17) is 4.74 Å². The Balaban J connectivity index is 1.14. The zero-order valence-corrected chi connectivity index (χ0v) is 24.8. The molecule has 7 rings (SSSR count). The SMILES string of the molecule is O=C(COc1cccc([C@@H]2c3sc(=O)[nH]c3S[C@H]3C(=O)N(c4ccc([N+](=O)[O-])cc4)C(=O)[C@@H]23)c1)Nc1ccc2ccccc2c1. The molecule has 5 aromatic rings. The summed E-state index contributed by atoms with van der Waals surface area (Å²) in [5.41, 5.74) is 1.35. The number of hydrogen-bond acceptors (Lipinski definition) is 9. The number of aromatic amines is 1. The molecule has 4 aromatic carbocycles. The number of carbonyl (C=O) groups is 3. The lowest BCUT2D eigenvalue weighted by atomic mass is 9.83. The molecule has 1 aromatic heterocycles. The van der Waals surface area contributed by atoms with Crippen LogP contribution in [0.1, 0.15) is 16.4 Å². The second-order valence-corrected chi connectivity index (χ2v) is 12.7. The number of imide groups is 1. The number of amides is 3. The molecule has 3 heterocycles. The van der Waals surface area contributed by atoms with Gasteiger partial charge in [-0.15, -0.1) is 0 Å². The molecule has 0 radical (unpaired) electrons. The van der Waals surface area contributed by atoms with Crippen LogP contribution in [0.2, 0.25) is 0 Å². The Kier molecular flexibility index (Phi) is 7.18. The normalized spacial score (nSPS) is 18.8. The molecule has 0 bridgehead atoms. The molecule has 1 saturated heterocycles. The summed E-state index contributed by atoms with van der Waals surface area (Å²) >= 11 is 2.12. The minimum absolute atomic E-state index is 0.162. The molecule has 1 fully saturated rings. The van der Waals surface area contributed by atoms with Gasteiger partial charge in [0.05, 0.1) is 21.6 Å². The lowest BCUT2D eigenvalue weighted by Gasteiger charge is -2.30. The van der Waals surface area contributed by atoms with Gasteiger partial charge in [-0.05, 0) is 52.7 Å². The van der Waals surface area contributed by atoms with Gasteiger partial charge in [0.1, 0.15) is 11.0 Å². The van der Waals surface area contributed by atoms with E-state index >= 15 is 0 Å². The van der Waals surface area contributed by atoms with E-state index in [2.05, 4.69) is 10.3 Å². The van der Waals surface area contributed by atoms with Gasteiger partial charge in [0, 0.05) is 28.6 Å². The van der Waals surface area contributed by atoms with Crippen molar-refractivity contribution in [3.05, 3.63) is 121 Å². The molecule has 0 saturated carbocycles. The number of nitrogens with one attached hydrogen (secondary N) is 2. The number of rotatable bonds is 7. The Morgan fingerprint density at radius 2 is 1.71 bits per heavy atom. The molecule has 0 unspecified atom stereocenters. The molecule has 3 atom stereocenters. The Morgan fingerprint density at radius 3 is 2.49 bits per heavy atom. The molecular weight excluding hydrogens is 617 g/mol. The Hall–Kier alpha value is -5.27. The van der Waals surface area contributed by atoms with Crippen LogP contribution in [0.3, 0.4) is 0 Å². The van der Waals surface area contributed by atoms with Crippen LogP contribution in [0.5, 0.6) is 5.75 Å². The number of non-ortho nitro benzene ring substituents is 1. The second kappa shape index (κ2) is 11.3. The lowest BCUT2D eigenvalue weighted by molar-refractivity contribution is -0.384. The van der Waals surface area contributed by atoms with E-state index in [1.807, 2.05) is 42.5 Å². The first-order valence-electron chi connectivity index (χ1n) is 13.8. The van der Waals surface area contributed by atoms with Crippen LogP contribution in [0.15, 0.2) is 101 Å². The number of anilines is 2. The molecule has 2 aliphatic heterocycles. The number of nitro groups is 1. The largest absolute Gasteiger partial charge is 0.484 e. The number of nitro benzene ring substituents is 1. The van der Waals surface area contributed by atoms with Crippen LogP contribution >= 0.6 is 23.1 Å². The molecular formula is C32H22N4O7S2. The zero-order valence-electron chi connectivity index (χ0n) is 23.2. The summed E-state index contributed by atoms with van der Waals surface area (Å²) in [5.74, 6) is -2.41. The third kappa shape index (κ3) is 5.25. The first-order chi connectivity index (χ1) is 21.8. The number of fused-ring (bicyclic) bond motifs is 3. The average Bonchev–Trinajstić information content (AvgIpc) is 3.53. The predicted molar refractivity (Wildman–Crippen MR) is 170 cm³/mol. The number of benzene rings is 4. The van der Waals surface area contributed by atoms with Gasteiger partial charge in [0.15, 0.2) is 6.61 Å². The maximum absolute atomic E-state index is 13.9. The van der Waals surface area contributed by atoms with Crippen molar-refractivity contribution in [2.24, 2.45) is 5.92 Å². The van der Waals surface area contributed by atoms with E-state index in [0.717, 1.165) is 38.8 Å². The summed E-state index contributed by atoms with van der Waals surface area (Å²) < 4.78 is 5.83. The van der Waals surface area contributed by atoms with Gasteiger partial charge in [-0.3, -0.25) is 29.3 Å². The molecule has 2 N–H and O–H groups in total. The molecule has 0 spiro atoms. The highest BCUT2D eigenvalue weighted by molar-refractivity contribution is 8.00. The quantitative estimate of drug-likeness (QED) is 0.138. The van der Waals surface area contributed by atoms with Gasteiger partial charge in [0.2, 0.25) is 11.8 Å². The Bertz CT molecular complexity index is 2070. The minimum atomic E-state index is -0.844. The summed E-state index contributed by atoms with van der Waals surface area (Å²) in [5, 5.41) is 15.7. The summed E-state index contributed by atoms with van der Waals surface area (Å²) in [6.45, 7) is -0.267. The molecule has 224 valence electrons. The maximum Gasteiger partial charge on any atom is 0.305 e.